The summed E-state index contributed by atoms with van der Waals surface area (Å²) in [5.41, 5.74) is 10.2. The summed E-state index contributed by atoms with van der Waals surface area (Å²) >= 11 is 0. The van der Waals surface area contributed by atoms with Crippen molar-refractivity contribution >= 4 is 12.2 Å². The molecule has 0 aliphatic heterocycles. The first kappa shape index (κ1) is 14.6. The zero-order valence-electron chi connectivity index (χ0n) is 12.0. The van der Waals surface area contributed by atoms with Crippen LogP contribution in [0.25, 0.3) is 0 Å². The van der Waals surface area contributed by atoms with Gasteiger partial charge in [0.1, 0.15) is 11.5 Å². The number of amides is 2. The molecular weight excluding hydrogens is 266 g/mol. The van der Waals surface area contributed by atoms with Crippen molar-refractivity contribution in [1.82, 2.24) is 5.43 Å². The van der Waals surface area contributed by atoms with Crippen LogP contribution in [0, 0.1) is 13.8 Å². The first-order chi connectivity index (χ1) is 10.0. The molecule has 3 N–H and O–H groups in total. The molecule has 5 nitrogen and oxygen atoms in total. The number of nitrogens with zero attached hydrogens (tertiary/aromatic N) is 1. The van der Waals surface area contributed by atoms with E-state index < -0.39 is 6.03 Å². The lowest BCUT2D eigenvalue weighted by Gasteiger charge is -2.08. The minimum atomic E-state index is -0.693. The molecule has 21 heavy (non-hydrogen) atoms. The molecule has 0 bridgehead atoms. The number of rotatable bonds is 4. The van der Waals surface area contributed by atoms with Crippen LogP contribution in [0.2, 0.25) is 0 Å². The minimum absolute atomic E-state index is 0.693. The smallest absolute Gasteiger partial charge is 0.332 e. The normalized spacial score (nSPS) is 10.6. The topological polar surface area (TPSA) is 76.7 Å². The van der Waals surface area contributed by atoms with Gasteiger partial charge in [0.2, 0.25) is 0 Å². The van der Waals surface area contributed by atoms with Gasteiger partial charge >= 0.3 is 6.03 Å². The number of nitrogens with one attached hydrogen (secondary N) is 1. The summed E-state index contributed by atoms with van der Waals surface area (Å²) in [4.78, 5) is 10.5. The van der Waals surface area contributed by atoms with Crippen LogP contribution in [0.3, 0.4) is 0 Å². The van der Waals surface area contributed by atoms with E-state index in [0.29, 0.717) is 0 Å². The molecule has 0 aliphatic rings. The highest BCUT2D eigenvalue weighted by Gasteiger charge is 1.99. The zero-order valence-corrected chi connectivity index (χ0v) is 12.0. The third-order valence-corrected chi connectivity index (χ3v) is 2.70. The number of benzene rings is 2. The third-order valence-electron chi connectivity index (χ3n) is 2.70. The fraction of sp³-hybridized carbons (Fsp3) is 0.125. The van der Waals surface area contributed by atoms with Gasteiger partial charge in [-0.3, -0.25) is 0 Å². The second-order valence-electron chi connectivity index (χ2n) is 4.73. The van der Waals surface area contributed by atoms with E-state index in [0.717, 1.165) is 28.2 Å². The molecule has 0 aromatic heterocycles. The second-order valence-corrected chi connectivity index (χ2v) is 4.73. The predicted molar refractivity (Wildman–Crippen MR) is 82.7 cm³/mol. The predicted octanol–water partition coefficient (Wildman–Crippen LogP) is 3.10. The number of hydrogen-bond acceptors (Lipinski definition) is 3. The number of nitrogens with two attached hydrogens (primary N) is 1. The van der Waals surface area contributed by atoms with E-state index >= 15 is 0 Å². The number of primary amides is 1. The van der Waals surface area contributed by atoms with E-state index in [1.807, 2.05) is 50.2 Å². The lowest BCUT2D eigenvalue weighted by Crippen LogP contribution is -2.24. The van der Waals surface area contributed by atoms with E-state index in [1.165, 1.54) is 6.21 Å². The number of aryl methyl sites for hydroxylation is 2. The van der Waals surface area contributed by atoms with Crippen LogP contribution < -0.4 is 15.9 Å². The van der Waals surface area contributed by atoms with Gasteiger partial charge in [-0.1, -0.05) is 6.07 Å². The Morgan fingerprint density at radius 3 is 2.29 bits per heavy atom. The highest BCUT2D eigenvalue weighted by atomic mass is 16.5. The van der Waals surface area contributed by atoms with E-state index in [9.17, 15) is 4.79 Å². The molecule has 0 spiro atoms. The van der Waals surface area contributed by atoms with E-state index in [2.05, 4.69) is 16.6 Å². The van der Waals surface area contributed by atoms with E-state index in [-0.39, 0.29) is 0 Å². The van der Waals surface area contributed by atoms with E-state index in [1.54, 1.807) is 0 Å². The Morgan fingerprint density at radius 1 is 1.10 bits per heavy atom. The van der Waals surface area contributed by atoms with Crippen LogP contribution in [-0.2, 0) is 0 Å². The maximum atomic E-state index is 10.5. The SMILES string of the molecule is Cc1cc(C)cc(Oc2ccc(/C=N/NC(N)=O)cc2)c1. The lowest BCUT2D eigenvalue weighted by atomic mass is 10.1. The molecule has 2 rings (SSSR count). The highest BCUT2D eigenvalue weighted by molar-refractivity contribution is 5.81. The van der Waals surface area contributed by atoms with Gasteiger partial charge in [-0.2, -0.15) is 5.10 Å². The molecular formula is C16H17N3O2. The molecule has 2 aromatic rings. The van der Waals surface area contributed by atoms with Crippen molar-refractivity contribution in [3.05, 3.63) is 59.2 Å². The number of carbonyl (C=O) groups is 1. The molecule has 0 saturated carbocycles. The molecule has 0 fully saturated rings. The standard InChI is InChI=1S/C16H17N3O2/c1-11-7-12(2)9-15(8-11)21-14-5-3-13(4-6-14)10-18-19-16(17)20/h3-10H,1-2H3,(H3,17,19,20)/b18-10+. The van der Waals surface area contributed by atoms with Crippen LogP contribution in [-0.4, -0.2) is 12.2 Å². The van der Waals surface area contributed by atoms with Gasteiger partial charge in [0, 0.05) is 0 Å². The Labute approximate surface area is 123 Å². The van der Waals surface area contributed by atoms with Crippen LogP contribution in [0.5, 0.6) is 11.5 Å². The molecule has 0 aliphatic carbocycles. The highest BCUT2D eigenvalue weighted by Crippen LogP contribution is 2.23. The van der Waals surface area contributed by atoms with Crippen molar-refractivity contribution in [1.29, 1.82) is 0 Å². The van der Waals surface area contributed by atoms with Gasteiger partial charge in [0.15, 0.2) is 0 Å². The Hall–Kier alpha value is -2.82. The average Bonchev–Trinajstić information content (AvgIpc) is 2.39. The van der Waals surface area contributed by atoms with Crippen LogP contribution in [0.1, 0.15) is 16.7 Å². The van der Waals surface area contributed by atoms with Gasteiger partial charge in [-0.15, -0.1) is 0 Å². The number of ether oxygens (including phenoxy) is 1. The number of carbonyl (C=O) groups excluding carboxylic acids is 1. The Kier molecular flexibility index (Phi) is 4.56. The summed E-state index contributed by atoms with van der Waals surface area (Å²) in [6, 6.07) is 12.7. The second kappa shape index (κ2) is 6.56. The molecule has 0 unspecified atom stereocenters. The van der Waals surface area contributed by atoms with Gasteiger partial charge in [-0.25, -0.2) is 10.2 Å². The Balaban J connectivity index is 2.05. The maximum absolute atomic E-state index is 10.5. The first-order valence-corrected chi connectivity index (χ1v) is 6.47. The molecule has 108 valence electrons. The summed E-state index contributed by atoms with van der Waals surface area (Å²) in [7, 11) is 0. The van der Waals surface area contributed by atoms with E-state index in [4.69, 9.17) is 10.5 Å². The number of hydrogen-bond donors (Lipinski definition) is 2. The van der Waals surface area contributed by atoms with Crippen molar-refractivity contribution < 1.29 is 9.53 Å². The molecule has 2 amide bonds. The van der Waals surface area contributed by atoms with Gasteiger partial charge in [0.25, 0.3) is 0 Å². The van der Waals surface area contributed by atoms with Crippen LogP contribution in [0.15, 0.2) is 47.6 Å². The van der Waals surface area contributed by atoms with Gasteiger partial charge in [-0.05, 0) is 66.9 Å². The van der Waals surface area contributed by atoms with Crippen molar-refractivity contribution in [2.75, 3.05) is 0 Å². The van der Waals surface area contributed by atoms with Crippen LogP contribution >= 0.6 is 0 Å². The third kappa shape index (κ3) is 4.65. The lowest BCUT2D eigenvalue weighted by molar-refractivity contribution is 0.249. The minimum Gasteiger partial charge on any atom is -0.457 e. The van der Waals surface area contributed by atoms with Crippen molar-refractivity contribution in [3.8, 4) is 11.5 Å². The Bertz CT molecular complexity index is 643. The average molecular weight is 283 g/mol. The molecule has 0 saturated heterocycles. The van der Waals surface area contributed by atoms with Crippen molar-refractivity contribution in [3.63, 3.8) is 0 Å². The fourth-order valence-corrected chi connectivity index (χ4v) is 1.92. The summed E-state index contributed by atoms with van der Waals surface area (Å²) < 4.78 is 5.80. The van der Waals surface area contributed by atoms with Gasteiger partial charge < -0.3 is 10.5 Å². The molecule has 5 heteroatoms. The van der Waals surface area contributed by atoms with Crippen LogP contribution in [0.4, 0.5) is 4.79 Å². The first-order valence-electron chi connectivity index (χ1n) is 6.47. The fourth-order valence-electron chi connectivity index (χ4n) is 1.92. The van der Waals surface area contributed by atoms with Crippen molar-refractivity contribution in [2.24, 2.45) is 10.8 Å². The van der Waals surface area contributed by atoms with Gasteiger partial charge in [0.05, 0.1) is 6.21 Å². The zero-order chi connectivity index (χ0) is 15.2. The quantitative estimate of drug-likeness (QED) is 0.668. The summed E-state index contributed by atoms with van der Waals surface area (Å²) in [6.07, 6.45) is 1.51. The summed E-state index contributed by atoms with van der Waals surface area (Å²) in [5, 5.41) is 3.69. The largest absolute Gasteiger partial charge is 0.457 e. The molecule has 0 atom stereocenters. The monoisotopic (exact) mass is 283 g/mol. The molecule has 2 aromatic carbocycles. The van der Waals surface area contributed by atoms with Crippen molar-refractivity contribution in [2.45, 2.75) is 13.8 Å². The number of urea groups is 1. The molecule has 0 heterocycles. The number of hydrazone groups is 1. The maximum Gasteiger partial charge on any atom is 0.332 e. The Morgan fingerprint density at radius 2 is 1.71 bits per heavy atom. The summed E-state index contributed by atoms with van der Waals surface area (Å²) in [5.74, 6) is 1.55. The summed E-state index contributed by atoms with van der Waals surface area (Å²) in [6.45, 7) is 4.07. The molecule has 0 radical (unpaired) electrons.